The van der Waals surface area contributed by atoms with E-state index in [1.165, 1.54) is 0 Å². The predicted octanol–water partition coefficient (Wildman–Crippen LogP) is 3.03. The summed E-state index contributed by atoms with van der Waals surface area (Å²) in [5.74, 6) is 1.68. The van der Waals surface area contributed by atoms with Gasteiger partial charge in [0.1, 0.15) is 11.8 Å². The van der Waals surface area contributed by atoms with Gasteiger partial charge in [0, 0.05) is 30.1 Å². The summed E-state index contributed by atoms with van der Waals surface area (Å²) in [6, 6.07) is 7.46. The summed E-state index contributed by atoms with van der Waals surface area (Å²) >= 11 is 0. The van der Waals surface area contributed by atoms with E-state index >= 15 is 0 Å². The third-order valence-corrected chi connectivity index (χ3v) is 3.50. The molecule has 6 heteroatoms. The molecule has 0 aliphatic carbocycles. The summed E-state index contributed by atoms with van der Waals surface area (Å²) in [4.78, 5) is 12.9. The third-order valence-electron chi connectivity index (χ3n) is 3.50. The summed E-state index contributed by atoms with van der Waals surface area (Å²) in [7, 11) is 0. The van der Waals surface area contributed by atoms with Gasteiger partial charge in [0.15, 0.2) is 11.6 Å². The van der Waals surface area contributed by atoms with E-state index in [1.807, 2.05) is 29.8 Å². The van der Waals surface area contributed by atoms with Crippen LogP contribution in [0.15, 0.2) is 36.8 Å². The van der Waals surface area contributed by atoms with E-state index in [0.29, 0.717) is 11.5 Å². The monoisotopic (exact) mass is 304 g/mol. The SMILES string of the molecule is Cc1cnccc1-n1nc(C(C)C)nc1-c1ccc(C#N)nc1. The first kappa shape index (κ1) is 14.9. The quantitative estimate of drug-likeness (QED) is 0.743. The molecule has 0 unspecified atom stereocenters. The third kappa shape index (κ3) is 2.81. The normalized spacial score (nSPS) is 10.7. The summed E-state index contributed by atoms with van der Waals surface area (Å²) in [6.45, 7) is 6.10. The van der Waals surface area contributed by atoms with E-state index in [9.17, 15) is 0 Å². The van der Waals surface area contributed by atoms with Crippen molar-refractivity contribution in [2.24, 2.45) is 0 Å². The number of aromatic nitrogens is 5. The maximum absolute atomic E-state index is 8.89. The van der Waals surface area contributed by atoms with Gasteiger partial charge < -0.3 is 0 Å². The molecule has 6 nitrogen and oxygen atoms in total. The molecule has 0 bridgehead atoms. The van der Waals surface area contributed by atoms with Gasteiger partial charge in [0.05, 0.1) is 5.69 Å². The molecule has 114 valence electrons. The molecule has 0 radical (unpaired) electrons. The molecule has 3 rings (SSSR count). The Morgan fingerprint density at radius 1 is 1.17 bits per heavy atom. The second kappa shape index (κ2) is 5.97. The van der Waals surface area contributed by atoms with Crippen molar-refractivity contribution >= 4 is 0 Å². The molecule has 0 aromatic carbocycles. The van der Waals surface area contributed by atoms with E-state index in [0.717, 1.165) is 22.6 Å². The van der Waals surface area contributed by atoms with Gasteiger partial charge in [-0.2, -0.15) is 10.4 Å². The fraction of sp³-hybridized carbons (Fsp3) is 0.235. The Balaban J connectivity index is 2.19. The molecule has 0 atom stereocenters. The van der Waals surface area contributed by atoms with Gasteiger partial charge in [-0.05, 0) is 30.7 Å². The standard InChI is InChI=1S/C17H16N6/c1-11(2)16-21-17(13-4-5-14(8-18)20-10-13)23(22-16)15-6-7-19-9-12(15)3/h4-7,9-11H,1-3H3. The summed E-state index contributed by atoms with van der Waals surface area (Å²) in [6.07, 6.45) is 5.19. The van der Waals surface area contributed by atoms with Crippen molar-refractivity contribution in [3.8, 4) is 23.1 Å². The van der Waals surface area contributed by atoms with Crippen molar-refractivity contribution in [2.75, 3.05) is 0 Å². The number of pyridine rings is 2. The van der Waals surface area contributed by atoms with Crippen LogP contribution in [0.25, 0.3) is 17.1 Å². The predicted molar refractivity (Wildman–Crippen MR) is 85.9 cm³/mol. The van der Waals surface area contributed by atoms with Crippen LogP contribution in [0.2, 0.25) is 0 Å². The zero-order valence-corrected chi connectivity index (χ0v) is 13.2. The van der Waals surface area contributed by atoms with Crippen LogP contribution in [-0.2, 0) is 0 Å². The Morgan fingerprint density at radius 3 is 2.61 bits per heavy atom. The highest BCUT2D eigenvalue weighted by atomic mass is 15.4. The Labute approximate surface area is 134 Å². The molecule has 0 saturated heterocycles. The highest BCUT2D eigenvalue weighted by Gasteiger charge is 2.17. The zero-order valence-electron chi connectivity index (χ0n) is 13.2. The molecule has 0 spiro atoms. The molecule has 0 saturated carbocycles. The van der Waals surface area contributed by atoms with Gasteiger partial charge in [-0.25, -0.2) is 14.6 Å². The molecule has 3 aromatic heterocycles. The largest absolute Gasteiger partial charge is 0.264 e. The smallest absolute Gasteiger partial charge is 0.165 e. The Kier molecular flexibility index (Phi) is 3.85. The topological polar surface area (TPSA) is 80.3 Å². The van der Waals surface area contributed by atoms with Crippen LogP contribution in [-0.4, -0.2) is 24.7 Å². The average Bonchev–Trinajstić information content (AvgIpc) is 3.01. The molecule has 0 aliphatic heterocycles. The van der Waals surface area contributed by atoms with E-state index in [4.69, 9.17) is 5.26 Å². The number of nitriles is 1. The molecule has 0 aliphatic rings. The lowest BCUT2D eigenvalue weighted by atomic mass is 10.2. The van der Waals surface area contributed by atoms with Crippen LogP contribution in [0.1, 0.15) is 36.8 Å². The number of hydrogen-bond acceptors (Lipinski definition) is 5. The maximum Gasteiger partial charge on any atom is 0.165 e. The van der Waals surface area contributed by atoms with Crippen molar-refractivity contribution in [2.45, 2.75) is 26.7 Å². The minimum Gasteiger partial charge on any atom is -0.264 e. The second-order valence-corrected chi connectivity index (χ2v) is 5.57. The van der Waals surface area contributed by atoms with Crippen LogP contribution in [0.5, 0.6) is 0 Å². The van der Waals surface area contributed by atoms with Crippen LogP contribution in [0.4, 0.5) is 0 Å². The van der Waals surface area contributed by atoms with Crippen molar-refractivity contribution < 1.29 is 0 Å². The first-order chi connectivity index (χ1) is 11.1. The highest BCUT2D eigenvalue weighted by molar-refractivity contribution is 5.58. The fourth-order valence-electron chi connectivity index (χ4n) is 2.22. The van der Waals surface area contributed by atoms with Gasteiger partial charge in [-0.15, -0.1) is 0 Å². The zero-order chi connectivity index (χ0) is 16.4. The number of aryl methyl sites for hydroxylation is 1. The molecule has 23 heavy (non-hydrogen) atoms. The van der Waals surface area contributed by atoms with E-state index < -0.39 is 0 Å². The molecule has 0 amide bonds. The van der Waals surface area contributed by atoms with Gasteiger partial charge in [0.2, 0.25) is 0 Å². The second-order valence-electron chi connectivity index (χ2n) is 5.57. The van der Waals surface area contributed by atoms with Crippen LogP contribution in [0, 0.1) is 18.3 Å². The fourth-order valence-corrected chi connectivity index (χ4v) is 2.22. The minimum absolute atomic E-state index is 0.212. The van der Waals surface area contributed by atoms with E-state index in [-0.39, 0.29) is 5.92 Å². The number of nitrogens with zero attached hydrogens (tertiary/aromatic N) is 6. The molecule has 0 N–H and O–H groups in total. The summed E-state index contributed by atoms with van der Waals surface area (Å²) in [5, 5.41) is 13.5. The number of rotatable bonds is 3. The average molecular weight is 304 g/mol. The first-order valence-electron chi connectivity index (χ1n) is 7.34. The molecule has 3 aromatic rings. The molecule has 3 heterocycles. The highest BCUT2D eigenvalue weighted by Crippen LogP contribution is 2.24. The summed E-state index contributed by atoms with van der Waals surface area (Å²) in [5.41, 5.74) is 3.14. The molecular formula is C17H16N6. The molecule has 0 fully saturated rings. The minimum atomic E-state index is 0.212. The van der Waals surface area contributed by atoms with Crippen LogP contribution >= 0.6 is 0 Å². The summed E-state index contributed by atoms with van der Waals surface area (Å²) < 4.78 is 1.81. The van der Waals surface area contributed by atoms with Gasteiger partial charge >= 0.3 is 0 Å². The lowest BCUT2D eigenvalue weighted by Gasteiger charge is -2.08. The van der Waals surface area contributed by atoms with Crippen LogP contribution < -0.4 is 0 Å². The Hall–Kier alpha value is -3.07. The Bertz CT molecular complexity index is 871. The first-order valence-corrected chi connectivity index (χ1v) is 7.34. The van der Waals surface area contributed by atoms with Crippen molar-refractivity contribution in [1.29, 1.82) is 5.26 Å². The lowest BCUT2D eigenvalue weighted by Crippen LogP contribution is -2.03. The Morgan fingerprint density at radius 2 is 2.00 bits per heavy atom. The van der Waals surface area contributed by atoms with Gasteiger partial charge in [0.25, 0.3) is 0 Å². The number of hydrogen-bond donors (Lipinski definition) is 0. The van der Waals surface area contributed by atoms with Gasteiger partial charge in [-0.3, -0.25) is 4.98 Å². The van der Waals surface area contributed by atoms with Gasteiger partial charge in [-0.1, -0.05) is 13.8 Å². The van der Waals surface area contributed by atoms with E-state index in [2.05, 4.69) is 33.9 Å². The van der Waals surface area contributed by atoms with Crippen molar-refractivity contribution in [3.63, 3.8) is 0 Å². The van der Waals surface area contributed by atoms with E-state index in [1.54, 1.807) is 24.7 Å². The van der Waals surface area contributed by atoms with Crippen molar-refractivity contribution in [1.82, 2.24) is 24.7 Å². The van der Waals surface area contributed by atoms with Crippen molar-refractivity contribution in [3.05, 3.63) is 53.9 Å². The van der Waals surface area contributed by atoms with Crippen LogP contribution in [0.3, 0.4) is 0 Å². The molecular weight excluding hydrogens is 288 g/mol. The maximum atomic E-state index is 8.89. The lowest BCUT2D eigenvalue weighted by molar-refractivity contribution is 0.752.